The highest BCUT2D eigenvalue weighted by Gasteiger charge is 2.47. The number of nitrogens with one attached hydrogen (secondary N) is 2. The molecule has 0 saturated carbocycles. The monoisotopic (exact) mass is 425 g/mol. The summed E-state index contributed by atoms with van der Waals surface area (Å²) in [6.45, 7) is 1.63. The van der Waals surface area contributed by atoms with Gasteiger partial charge in [-0.25, -0.2) is 4.79 Å². The Bertz CT molecular complexity index is 960. The summed E-state index contributed by atoms with van der Waals surface area (Å²) in [6, 6.07) is 14.3. The molecule has 31 heavy (non-hydrogen) atoms. The minimum atomic E-state index is -1.05. The van der Waals surface area contributed by atoms with E-state index in [1.54, 1.807) is 21.1 Å². The minimum Gasteiger partial charge on any atom is -0.497 e. The molecule has 0 aliphatic carbocycles. The Morgan fingerprint density at radius 3 is 2.42 bits per heavy atom. The lowest BCUT2D eigenvalue weighted by Crippen LogP contribution is -2.45. The van der Waals surface area contributed by atoms with Gasteiger partial charge in [-0.3, -0.25) is 14.5 Å². The van der Waals surface area contributed by atoms with Gasteiger partial charge in [0.25, 0.3) is 5.91 Å². The van der Waals surface area contributed by atoms with Crippen LogP contribution in [0.25, 0.3) is 0 Å². The number of amides is 4. The molecular formula is C23H27N3O5. The van der Waals surface area contributed by atoms with Crippen molar-refractivity contribution in [1.29, 1.82) is 0 Å². The maximum absolute atomic E-state index is 12.9. The third-order valence-electron chi connectivity index (χ3n) is 5.34. The Morgan fingerprint density at radius 2 is 1.74 bits per heavy atom. The average molecular weight is 425 g/mol. The Morgan fingerprint density at radius 1 is 1.03 bits per heavy atom. The van der Waals surface area contributed by atoms with Crippen LogP contribution >= 0.6 is 0 Å². The van der Waals surface area contributed by atoms with Crippen molar-refractivity contribution < 1.29 is 23.9 Å². The first-order chi connectivity index (χ1) is 14.8. The number of nitrogens with zero attached hydrogens (tertiary/aromatic N) is 1. The highest BCUT2D eigenvalue weighted by Crippen LogP contribution is 2.24. The van der Waals surface area contributed by atoms with Gasteiger partial charge in [-0.2, -0.15) is 0 Å². The third kappa shape index (κ3) is 5.33. The van der Waals surface area contributed by atoms with E-state index in [0.717, 1.165) is 21.8 Å². The number of ether oxygens (including phenoxy) is 2. The van der Waals surface area contributed by atoms with Crippen molar-refractivity contribution >= 4 is 17.8 Å². The summed E-state index contributed by atoms with van der Waals surface area (Å²) in [7, 11) is 3.17. The standard InChI is InChI=1S/C23H27N3O5/c1-23(12-11-16-7-9-18(30-2)10-8-16)21(28)26(22(29)25-23)15-20(27)24-14-17-5-4-6-19(13-17)31-3/h4-10,13H,11-12,14-15H2,1-3H3,(H,24,27)(H,25,29)/t23-/m1/s1. The molecule has 0 unspecified atom stereocenters. The highest BCUT2D eigenvalue weighted by atomic mass is 16.5. The number of methoxy groups -OCH3 is 2. The van der Waals surface area contributed by atoms with Gasteiger partial charge in [-0.1, -0.05) is 24.3 Å². The number of hydrogen-bond donors (Lipinski definition) is 2. The van der Waals surface area contributed by atoms with E-state index >= 15 is 0 Å². The number of carbonyl (C=O) groups is 3. The summed E-state index contributed by atoms with van der Waals surface area (Å²) in [5.41, 5.74) is 0.831. The summed E-state index contributed by atoms with van der Waals surface area (Å²) in [6.07, 6.45) is 1.02. The van der Waals surface area contributed by atoms with Crippen LogP contribution in [0.5, 0.6) is 11.5 Å². The average Bonchev–Trinajstić information content (AvgIpc) is 3.00. The molecule has 3 rings (SSSR count). The van der Waals surface area contributed by atoms with Crippen molar-refractivity contribution in [1.82, 2.24) is 15.5 Å². The van der Waals surface area contributed by atoms with Crippen molar-refractivity contribution in [3.05, 3.63) is 59.7 Å². The molecule has 1 heterocycles. The Kier molecular flexibility index (Phi) is 6.79. The third-order valence-corrected chi connectivity index (χ3v) is 5.34. The molecule has 1 aliphatic heterocycles. The molecule has 2 aromatic carbocycles. The fourth-order valence-corrected chi connectivity index (χ4v) is 3.43. The summed E-state index contributed by atoms with van der Waals surface area (Å²) in [5.74, 6) is 0.632. The van der Waals surface area contributed by atoms with Crippen molar-refractivity contribution in [2.24, 2.45) is 0 Å². The first kappa shape index (κ1) is 22.1. The molecule has 164 valence electrons. The van der Waals surface area contributed by atoms with E-state index in [1.807, 2.05) is 48.5 Å². The zero-order valence-corrected chi connectivity index (χ0v) is 17.9. The van der Waals surface area contributed by atoms with Crippen LogP contribution in [0.1, 0.15) is 24.5 Å². The first-order valence-corrected chi connectivity index (χ1v) is 10.0. The zero-order valence-electron chi connectivity index (χ0n) is 17.9. The van der Waals surface area contributed by atoms with Gasteiger partial charge in [0, 0.05) is 6.54 Å². The Balaban J connectivity index is 1.55. The van der Waals surface area contributed by atoms with E-state index in [2.05, 4.69) is 10.6 Å². The summed E-state index contributed by atoms with van der Waals surface area (Å²) in [4.78, 5) is 38.6. The second-order valence-electron chi connectivity index (χ2n) is 7.63. The Hall–Kier alpha value is -3.55. The SMILES string of the molecule is COc1ccc(CC[C@@]2(C)NC(=O)N(CC(=O)NCc3cccc(OC)c3)C2=O)cc1. The van der Waals surface area contributed by atoms with Gasteiger partial charge in [-0.15, -0.1) is 0 Å². The normalized spacial score (nSPS) is 18.0. The van der Waals surface area contributed by atoms with Crippen molar-refractivity contribution in [2.45, 2.75) is 31.8 Å². The number of benzene rings is 2. The van der Waals surface area contributed by atoms with Crippen LogP contribution in [0.3, 0.4) is 0 Å². The largest absolute Gasteiger partial charge is 0.497 e. The number of imide groups is 1. The number of urea groups is 1. The molecule has 8 nitrogen and oxygen atoms in total. The van der Waals surface area contributed by atoms with E-state index in [9.17, 15) is 14.4 Å². The fourth-order valence-electron chi connectivity index (χ4n) is 3.43. The second-order valence-corrected chi connectivity index (χ2v) is 7.63. The summed E-state index contributed by atoms with van der Waals surface area (Å²) >= 11 is 0. The van der Waals surface area contributed by atoms with Crippen LogP contribution in [0.2, 0.25) is 0 Å². The molecule has 2 N–H and O–H groups in total. The number of carbonyl (C=O) groups excluding carboxylic acids is 3. The fraction of sp³-hybridized carbons (Fsp3) is 0.348. The maximum Gasteiger partial charge on any atom is 0.325 e. The van der Waals surface area contributed by atoms with Gasteiger partial charge >= 0.3 is 6.03 Å². The molecule has 0 bridgehead atoms. The summed E-state index contributed by atoms with van der Waals surface area (Å²) < 4.78 is 10.3. The van der Waals surface area contributed by atoms with Crippen molar-refractivity contribution in [3.63, 3.8) is 0 Å². The Labute approximate surface area is 181 Å². The number of rotatable bonds is 9. The summed E-state index contributed by atoms with van der Waals surface area (Å²) in [5, 5.41) is 5.47. The molecule has 4 amide bonds. The van der Waals surface area contributed by atoms with E-state index in [-0.39, 0.29) is 13.1 Å². The van der Waals surface area contributed by atoms with Gasteiger partial charge < -0.3 is 20.1 Å². The highest BCUT2D eigenvalue weighted by molar-refractivity contribution is 6.08. The molecule has 0 aromatic heterocycles. The lowest BCUT2D eigenvalue weighted by atomic mass is 9.93. The van der Waals surface area contributed by atoms with Gasteiger partial charge in [0.2, 0.25) is 5.91 Å². The van der Waals surface area contributed by atoms with Crippen LogP contribution in [0.4, 0.5) is 4.79 Å². The number of aryl methyl sites for hydroxylation is 1. The van der Waals surface area contributed by atoms with Crippen LogP contribution in [0, 0.1) is 0 Å². The molecule has 0 radical (unpaired) electrons. The molecule has 1 atom stereocenters. The molecule has 0 spiro atoms. The smallest absolute Gasteiger partial charge is 0.325 e. The number of hydrogen-bond acceptors (Lipinski definition) is 5. The first-order valence-electron chi connectivity index (χ1n) is 10.0. The topological polar surface area (TPSA) is 97.0 Å². The van der Waals surface area contributed by atoms with E-state index < -0.39 is 23.4 Å². The molecule has 1 saturated heterocycles. The van der Waals surface area contributed by atoms with Crippen LogP contribution < -0.4 is 20.1 Å². The zero-order chi connectivity index (χ0) is 22.4. The van der Waals surface area contributed by atoms with E-state index in [4.69, 9.17) is 9.47 Å². The van der Waals surface area contributed by atoms with Crippen LogP contribution in [0.15, 0.2) is 48.5 Å². The van der Waals surface area contributed by atoms with Crippen molar-refractivity contribution in [3.8, 4) is 11.5 Å². The van der Waals surface area contributed by atoms with Gasteiger partial charge in [0.05, 0.1) is 14.2 Å². The maximum atomic E-state index is 12.9. The van der Waals surface area contributed by atoms with Gasteiger partial charge in [0.1, 0.15) is 23.6 Å². The van der Waals surface area contributed by atoms with E-state index in [0.29, 0.717) is 18.6 Å². The lowest BCUT2D eigenvalue weighted by Gasteiger charge is -2.21. The molecule has 2 aromatic rings. The van der Waals surface area contributed by atoms with Gasteiger partial charge in [0.15, 0.2) is 0 Å². The minimum absolute atomic E-state index is 0.272. The van der Waals surface area contributed by atoms with Gasteiger partial charge in [-0.05, 0) is 55.2 Å². The predicted octanol–water partition coefficient (Wildman–Crippen LogP) is 2.26. The second kappa shape index (κ2) is 9.51. The van der Waals surface area contributed by atoms with E-state index in [1.165, 1.54) is 0 Å². The molecule has 8 heteroatoms. The van der Waals surface area contributed by atoms with Crippen molar-refractivity contribution in [2.75, 3.05) is 20.8 Å². The lowest BCUT2D eigenvalue weighted by molar-refractivity contribution is -0.134. The predicted molar refractivity (Wildman–Crippen MR) is 115 cm³/mol. The molecule has 1 fully saturated rings. The van der Waals surface area contributed by atoms with Crippen LogP contribution in [-0.2, 0) is 22.6 Å². The molecule has 1 aliphatic rings. The van der Waals surface area contributed by atoms with Crippen LogP contribution in [-0.4, -0.2) is 49.0 Å². The molecular weight excluding hydrogens is 398 g/mol. The quantitative estimate of drug-likeness (QED) is 0.601.